The lowest BCUT2D eigenvalue weighted by Crippen LogP contribution is -2.21. The Morgan fingerprint density at radius 2 is 2.16 bits per heavy atom. The summed E-state index contributed by atoms with van der Waals surface area (Å²) in [4.78, 5) is 0. The Morgan fingerprint density at radius 1 is 1.37 bits per heavy atom. The second kappa shape index (κ2) is 5.97. The summed E-state index contributed by atoms with van der Waals surface area (Å²) in [6.07, 6.45) is 4.67. The SMILES string of the molecule is CCc1nn(C)cc1-n1nncc1CNCC(C)C. The minimum absolute atomic E-state index is 0.633. The number of nitrogens with one attached hydrogen (secondary N) is 1. The smallest absolute Gasteiger partial charge is 0.108 e. The first-order valence-corrected chi connectivity index (χ1v) is 6.75. The first-order chi connectivity index (χ1) is 9.11. The van der Waals surface area contributed by atoms with E-state index in [1.807, 2.05) is 22.6 Å². The molecule has 0 radical (unpaired) electrons. The van der Waals surface area contributed by atoms with E-state index < -0.39 is 0 Å². The van der Waals surface area contributed by atoms with Crippen LogP contribution in [0, 0.1) is 5.92 Å². The summed E-state index contributed by atoms with van der Waals surface area (Å²) in [5, 5.41) is 16.1. The van der Waals surface area contributed by atoms with E-state index in [4.69, 9.17) is 0 Å². The van der Waals surface area contributed by atoms with Gasteiger partial charge < -0.3 is 5.32 Å². The van der Waals surface area contributed by atoms with Gasteiger partial charge in [0.15, 0.2) is 0 Å². The first-order valence-electron chi connectivity index (χ1n) is 6.75. The number of hydrogen-bond donors (Lipinski definition) is 1. The molecule has 1 N–H and O–H groups in total. The molecule has 2 aromatic rings. The number of aromatic nitrogens is 5. The molecule has 104 valence electrons. The van der Waals surface area contributed by atoms with Gasteiger partial charge in [0.25, 0.3) is 0 Å². The molecule has 0 saturated carbocycles. The molecule has 0 amide bonds. The monoisotopic (exact) mass is 262 g/mol. The van der Waals surface area contributed by atoms with Gasteiger partial charge in [-0.25, -0.2) is 4.68 Å². The molecular formula is C13H22N6. The van der Waals surface area contributed by atoms with Crippen molar-refractivity contribution in [2.24, 2.45) is 13.0 Å². The van der Waals surface area contributed by atoms with Crippen molar-refractivity contribution in [3.8, 4) is 5.69 Å². The van der Waals surface area contributed by atoms with Gasteiger partial charge in [0.1, 0.15) is 5.69 Å². The lowest BCUT2D eigenvalue weighted by atomic mass is 10.2. The second-order valence-electron chi connectivity index (χ2n) is 5.15. The third kappa shape index (κ3) is 3.20. The van der Waals surface area contributed by atoms with Crippen molar-refractivity contribution in [2.45, 2.75) is 33.7 Å². The molecule has 0 aliphatic rings. The summed E-state index contributed by atoms with van der Waals surface area (Å²) in [6, 6.07) is 0. The van der Waals surface area contributed by atoms with Gasteiger partial charge in [-0.2, -0.15) is 5.10 Å². The molecule has 0 fully saturated rings. The lowest BCUT2D eigenvalue weighted by molar-refractivity contribution is 0.542. The maximum Gasteiger partial charge on any atom is 0.108 e. The summed E-state index contributed by atoms with van der Waals surface area (Å²) < 4.78 is 3.69. The van der Waals surface area contributed by atoms with Gasteiger partial charge in [-0.1, -0.05) is 26.0 Å². The Labute approximate surface area is 113 Å². The van der Waals surface area contributed by atoms with Crippen LogP contribution in [0.3, 0.4) is 0 Å². The third-order valence-corrected chi connectivity index (χ3v) is 2.92. The zero-order valence-electron chi connectivity index (χ0n) is 12.1. The summed E-state index contributed by atoms with van der Waals surface area (Å²) in [6.45, 7) is 8.24. The van der Waals surface area contributed by atoms with Gasteiger partial charge in [0.2, 0.25) is 0 Å². The van der Waals surface area contributed by atoms with Crippen LogP contribution in [0.25, 0.3) is 5.69 Å². The highest BCUT2D eigenvalue weighted by Gasteiger charge is 2.12. The molecule has 0 unspecified atom stereocenters. The quantitative estimate of drug-likeness (QED) is 0.852. The van der Waals surface area contributed by atoms with Crippen molar-refractivity contribution in [2.75, 3.05) is 6.54 Å². The van der Waals surface area contributed by atoms with E-state index in [9.17, 15) is 0 Å². The van der Waals surface area contributed by atoms with Crippen LogP contribution in [0.4, 0.5) is 0 Å². The molecular weight excluding hydrogens is 240 g/mol. The van der Waals surface area contributed by atoms with Gasteiger partial charge >= 0.3 is 0 Å². The van der Waals surface area contributed by atoms with Crippen LogP contribution >= 0.6 is 0 Å². The largest absolute Gasteiger partial charge is 0.311 e. The highest BCUT2D eigenvalue weighted by atomic mass is 15.4. The molecule has 0 atom stereocenters. The molecule has 0 bridgehead atoms. The highest BCUT2D eigenvalue weighted by Crippen LogP contribution is 2.14. The van der Waals surface area contributed by atoms with Crippen LogP contribution in [0.5, 0.6) is 0 Å². The summed E-state index contributed by atoms with van der Waals surface area (Å²) in [5.41, 5.74) is 3.12. The highest BCUT2D eigenvalue weighted by molar-refractivity contribution is 5.34. The third-order valence-electron chi connectivity index (χ3n) is 2.92. The van der Waals surface area contributed by atoms with E-state index in [-0.39, 0.29) is 0 Å². The maximum atomic E-state index is 4.44. The Morgan fingerprint density at radius 3 is 2.84 bits per heavy atom. The van der Waals surface area contributed by atoms with Gasteiger partial charge in [0, 0.05) is 13.6 Å². The molecule has 0 spiro atoms. The maximum absolute atomic E-state index is 4.44. The number of hydrogen-bond acceptors (Lipinski definition) is 4. The van der Waals surface area contributed by atoms with Crippen LogP contribution in [0.15, 0.2) is 12.4 Å². The van der Waals surface area contributed by atoms with Crippen LogP contribution in [-0.4, -0.2) is 31.3 Å². The van der Waals surface area contributed by atoms with E-state index in [2.05, 4.69) is 41.5 Å². The van der Waals surface area contributed by atoms with Crippen molar-refractivity contribution in [1.82, 2.24) is 30.1 Å². The van der Waals surface area contributed by atoms with Crippen LogP contribution in [-0.2, 0) is 20.0 Å². The van der Waals surface area contributed by atoms with E-state index in [1.54, 1.807) is 6.20 Å². The predicted molar refractivity (Wildman–Crippen MR) is 74.0 cm³/mol. The number of rotatable bonds is 6. The van der Waals surface area contributed by atoms with Crippen molar-refractivity contribution in [3.63, 3.8) is 0 Å². The minimum Gasteiger partial charge on any atom is -0.311 e. The Kier molecular flexibility index (Phi) is 4.31. The predicted octanol–water partition coefficient (Wildman–Crippen LogP) is 1.31. The number of aryl methyl sites for hydroxylation is 2. The molecule has 0 aromatic carbocycles. The van der Waals surface area contributed by atoms with Crippen molar-refractivity contribution in [3.05, 3.63) is 23.8 Å². The van der Waals surface area contributed by atoms with Crippen molar-refractivity contribution < 1.29 is 0 Å². The second-order valence-corrected chi connectivity index (χ2v) is 5.15. The van der Waals surface area contributed by atoms with Crippen molar-refractivity contribution in [1.29, 1.82) is 0 Å². The first kappa shape index (κ1) is 13.7. The molecule has 6 heteroatoms. The van der Waals surface area contributed by atoms with Gasteiger partial charge in [-0.3, -0.25) is 4.68 Å². The van der Waals surface area contributed by atoms with Crippen LogP contribution < -0.4 is 5.32 Å². The van der Waals surface area contributed by atoms with Gasteiger partial charge in [-0.15, -0.1) is 5.10 Å². The molecule has 19 heavy (non-hydrogen) atoms. The Balaban J connectivity index is 2.18. The average Bonchev–Trinajstić information content (AvgIpc) is 2.94. The standard InChI is InChI=1S/C13H22N6/c1-5-12-13(9-18(4)16-12)19-11(8-15-17-19)7-14-6-10(2)3/h8-10,14H,5-7H2,1-4H3. The van der Waals surface area contributed by atoms with Gasteiger partial charge in [-0.05, 0) is 18.9 Å². The summed E-state index contributed by atoms with van der Waals surface area (Å²) in [5.74, 6) is 0.633. The zero-order chi connectivity index (χ0) is 13.8. The Bertz CT molecular complexity index is 525. The van der Waals surface area contributed by atoms with Crippen LogP contribution in [0.1, 0.15) is 32.2 Å². The molecule has 2 aromatic heterocycles. The molecule has 0 saturated heterocycles. The minimum atomic E-state index is 0.633. The molecule has 6 nitrogen and oxygen atoms in total. The van der Waals surface area contributed by atoms with Gasteiger partial charge in [0.05, 0.1) is 23.8 Å². The van der Waals surface area contributed by atoms with E-state index in [0.29, 0.717) is 5.92 Å². The fourth-order valence-electron chi connectivity index (χ4n) is 2.02. The fourth-order valence-corrected chi connectivity index (χ4v) is 2.02. The van der Waals surface area contributed by atoms with E-state index in [1.165, 1.54) is 0 Å². The lowest BCUT2D eigenvalue weighted by Gasteiger charge is -2.08. The molecule has 2 rings (SSSR count). The topological polar surface area (TPSA) is 60.6 Å². The summed E-state index contributed by atoms with van der Waals surface area (Å²) in [7, 11) is 1.93. The van der Waals surface area contributed by atoms with Crippen LogP contribution in [0.2, 0.25) is 0 Å². The van der Waals surface area contributed by atoms with E-state index in [0.717, 1.165) is 36.6 Å². The fraction of sp³-hybridized carbons (Fsp3) is 0.615. The molecule has 0 aliphatic heterocycles. The normalized spacial score (nSPS) is 11.4. The summed E-state index contributed by atoms with van der Waals surface area (Å²) >= 11 is 0. The zero-order valence-corrected chi connectivity index (χ0v) is 12.1. The number of nitrogens with zero attached hydrogens (tertiary/aromatic N) is 5. The van der Waals surface area contributed by atoms with Crippen molar-refractivity contribution >= 4 is 0 Å². The molecule has 0 aliphatic carbocycles. The molecule has 2 heterocycles. The average molecular weight is 262 g/mol. The van der Waals surface area contributed by atoms with E-state index >= 15 is 0 Å². The Hall–Kier alpha value is -1.69.